The standard InChI is InChI=1S/C13H18BrClO/c1-9(2)6-10(8-15)12-7-11(14)4-5-13(12)16-3/h4-5,7,9-10H,6,8H2,1-3H3. The fourth-order valence-electron chi connectivity index (χ4n) is 1.87. The lowest BCUT2D eigenvalue weighted by molar-refractivity contribution is 0.401. The fourth-order valence-corrected chi connectivity index (χ4v) is 2.54. The van der Waals surface area contributed by atoms with Crippen LogP contribution in [-0.4, -0.2) is 13.0 Å². The van der Waals surface area contributed by atoms with E-state index in [0.717, 1.165) is 16.6 Å². The van der Waals surface area contributed by atoms with Crippen molar-refractivity contribution in [3.05, 3.63) is 28.2 Å². The average Bonchev–Trinajstić information content (AvgIpc) is 2.25. The number of benzene rings is 1. The summed E-state index contributed by atoms with van der Waals surface area (Å²) in [6.07, 6.45) is 1.08. The molecule has 1 rings (SSSR count). The molecule has 0 saturated heterocycles. The first-order valence-electron chi connectivity index (χ1n) is 5.47. The number of rotatable bonds is 5. The Morgan fingerprint density at radius 3 is 2.56 bits per heavy atom. The summed E-state index contributed by atoms with van der Waals surface area (Å²) in [6, 6.07) is 6.08. The maximum atomic E-state index is 6.06. The Bertz CT molecular complexity index is 339. The minimum atomic E-state index is 0.356. The third-order valence-electron chi connectivity index (χ3n) is 2.57. The minimum absolute atomic E-state index is 0.356. The molecule has 0 saturated carbocycles. The average molecular weight is 306 g/mol. The van der Waals surface area contributed by atoms with Crippen LogP contribution in [0.1, 0.15) is 31.7 Å². The topological polar surface area (TPSA) is 9.23 Å². The summed E-state index contributed by atoms with van der Waals surface area (Å²) in [4.78, 5) is 0. The second-order valence-electron chi connectivity index (χ2n) is 4.37. The van der Waals surface area contributed by atoms with Gasteiger partial charge >= 0.3 is 0 Å². The van der Waals surface area contributed by atoms with Crippen LogP contribution < -0.4 is 4.74 Å². The van der Waals surface area contributed by atoms with E-state index in [1.165, 1.54) is 5.56 Å². The van der Waals surface area contributed by atoms with E-state index in [1.54, 1.807) is 7.11 Å². The summed E-state index contributed by atoms with van der Waals surface area (Å²) in [5.74, 6) is 2.54. The Morgan fingerprint density at radius 1 is 1.38 bits per heavy atom. The lowest BCUT2D eigenvalue weighted by Crippen LogP contribution is -2.06. The van der Waals surface area contributed by atoms with Gasteiger partial charge in [-0.15, -0.1) is 11.6 Å². The lowest BCUT2D eigenvalue weighted by Gasteiger charge is -2.19. The molecule has 0 aliphatic carbocycles. The number of halogens is 2. The molecule has 0 N–H and O–H groups in total. The molecular weight excluding hydrogens is 287 g/mol. The van der Waals surface area contributed by atoms with E-state index in [9.17, 15) is 0 Å². The summed E-state index contributed by atoms with van der Waals surface area (Å²) in [6.45, 7) is 4.42. The van der Waals surface area contributed by atoms with Crippen molar-refractivity contribution < 1.29 is 4.74 Å². The van der Waals surface area contributed by atoms with Crippen molar-refractivity contribution in [1.29, 1.82) is 0 Å². The summed E-state index contributed by atoms with van der Waals surface area (Å²) in [5, 5.41) is 0. The summed E-state index contributed by atoms with van der Waals surface area (Å²) in [5.41, 5.74) is 1.19. The Morgan fingerprint density at radius 2 is 2.06 bits per heavy atom. The Hall–Kier alpha value is -0.210. The van der Waals surface area contributed by atoms with Crippen LogP contribution in [0.4, 0.5) is 0 Å². The minimum Gasteiger partial charge on any atom is -0.496 e. The smallest absolute Gasteiger partial charge is 0.122 e. The fraction of sp³-hybridized carbons (Fsp3) is 0.538. The number of alkyl halides is 1. The molecule has 0 amide bonds. The predicted molar refractivity (Wildman–Crippen MR) is 73.6 cm³/mol. The zero-order valence-electron chi connectivity index (χ0n) is 9.97. The molecule has 1 nitrogen and oxygen atoms in total. The van der Waals surface area contributed by atoms with Gasteiger partial charge in [-0.2, -0.15) is 0 Å². The summed E-state index contributed by atoms with van der Waals surface area (Å²) < 4.78 is 6.46. The zero-order valence-corrected chi connectivity index (χ0v) is 12.3. The highest BCUT2D eigenvalue weighted by molar-refractivity contribution is 9.10. The first kappa shape index (κ1) is 13.9. The number of ether oxygens (including phenoxy) is 1. The van der Waals surface area contributed by atoms with Gasteiger partial charge in [-0.3, -0.25) is 0 Å². The van der Waals surface area contributed by atoms with Crippen LogP contribution in [0.5, 0.6) is 5.75 Å². The van der Waals surface area contributed by atoms with Crippen molar-refractivity contribution in [1.82, 2.24) is 0 Å². The van der Waals surface area contributed by atoms with Gasteiger partial charge in [-0.05, 0) is 36.1 Å². The normalized spacial score (nSPS) is 12.9. The largest absolute Gasteiger partial charge is 0.496 e. The Balaban J connectivity index is 3.02. The van der Waals surface area contributed by atoms with Gasteiger partial charge in [0.25, 0.3) is 0 Å². The summed E-state index contributed by atoms with van der Waals surface area (Å²) >= 11 is 9.55. The van der Waals surface area contributed by atoms with E-state index in [0.29, 0.717) is 17.7 Å². The second kappa shape index (κ2) is 6.51. The zero-order chi connectivity index (χ0) is 12.1. The monoisotopic (exact) mass is 304 g/mol. The van der Waals surface area contributed by atoms with Gasteiger partial charge in [0, 0.05) is 16.3 Å². The maximum absolute atomic E-state index is 6.06. The van der Waals surface area contributed by atoms with Gasteiger partial charge in [-0.25, -0.2) is 0 Å². The highest BCUT2D eigenvalue weighted by Crippen LogP contribution is 2.34. The molecule has 0 aliphatic heterocycles. The molecule has 0 spiro atoms. The van der Waals surface area contributed by atoms with E-state index in [-0.39, 0.29) is 0 Å². The highest BCUT2D eigenvalue weighted by Gasteiger charge is 2.17. The first-order chi connectivity index (χ1) is 7.58. The van der Waals surface area contributed by atoms with Gasteiger partial charge < -0.3 is 4.74 Å². The van der Waals surface area contributed by atoms with Gasteiger partial charge in [0.2, 0.25) is 0 Å². The van der Waals surface area contributed by atoms with Crippen LogP contribution in [-0.2, 0) is 0 Å². The van der Waals surface area contributed by atoms with E-state index in [1.807, 2.05) is 12.1 Å². The lowest BCUT2D eigenvalue weighted by atomic mass is 9.91. The van der Waals surface area contributed by atoms with E-state index in [2.05, 4.69) is 35.8 Å². The van der Waals surface area contributed by atoms with Crippen molar-refractivity contribution in [2.45, 2.75) is 26.2 Å². The maximum Gasteiger partial charge on any atom is 0.122 e. The van der Waals surface area contributed by atoms with Crippen molar-refractivity contribution in [3.63, 3.8) is 0 Å². The van der Waals surface area contributed by atoms with Crippen LogP contribution in [0, 0.1) is 5.92 Å². The van der Waals surface area contributed by atoms with Crippen LogP contribution in [0.25, 0.3) is 0 Å². The summed E-state index contributed by atoms with van der Waals surface area (Å²) in [7, 11) is 1.70. The highest BCUT2D eigenvalue weighted by atomic mass is 79.9. The van der Waals surface area contributed by atoms with Crippen LogP contribution >= 0.6 is 27.5 Å². The number of hydrogen-bond acceptors (Lipinski definition) is 1. The molecule has 90 valence electrons. The SMILES string of the molecule is COc1ccc(Br)cc1C(CCl)CC(C)C. The molecule has 1 unspecified atom stereocenters. The third kappa shape index (κ3) is 3.67. The van der Waals surface area contributed by atoms with Gasteiger partial charge in [-0.1, -0.05) is 29.8 Å². The quantitative estimate of drug-likeness (QED) is 0.708. The second-order valence-corrected chi connectivity index (χ2v) is 5.59. The van der Waals surface area contributed by atoms with Crippen molar-refractivity contribution in [2.24, 2.45) is 5.92 Å². The molecule has 0 radical (unpaired) electrons. The molecule has 0 aromatic heterocycles. The van der Waals surface area contributed by atoms with Gasteiger partial charge in [0.15, 0.2) is 0 Å². The van der Waals surface area contributed by atoms with E-state index >= 15 is 0 Å². The molecule has 1 aromatic rings. The van der Waals surface area contributed by atoms with E-state index < -0.39 is 0 Å². The predicted octanol–water partition coefficient (Wildman–Crippen LogP) is 4.83. The molecular formula is C13H18BrClO. The third-order valence-corrected chi connectivity index (χ3v) is 3.44. The number of methoxy groups -OCH3 is 1. The molecule has 1 atom stereocenters. The number of hydrogen-bond donors (Lipinski definition) is 0. The molecule has 0 aliphatic rings. The molecule has 0 heterocycles. The molecule has 0 bridgehead atoms. The van der Waals surface area contributed by atoms with Gasteiger partial charge in [0.1, 0.15) is 5.75 Å². The van der Waals surface area contributed by atoms with Crippen LogP contribution in [0.15, 0.2) is 22.7 Å². The van der Waals surface area contributed by atoms with E-state index in [4.69, 9.17) is 16.3 Å². The van der Waals surface area contributed by atoms with Crippen molar-refractivity contribution >= 4 is 27.5 Å². The molecule has 3 heteroatoms. The first-order valence-corrected chi connectivity index (χ1v) is 6.80. The molecule has 1 aromatic carbocycles. The van der Waals surface area contributed by atoms with Crippen molar-refractivity contribution in [2.75, 3.05) is 13.0 Å². The van der Waals surface area contributed by atoms with Gasteiger partial charge in [0.05, 0.1) is 7.11 Å². The molecule has 16 heavy (non-hydrogen) atoms. The van der Waals surface area contributed by atoms with Crippen LogP contribution in [0.3, 0.4) is 0 Å². The van der Waals surface area contributed by atoms with Crippen molar-refractivity contribution in [3.8, 4) is 5.75 Å². The Labute approximate surface area is 111 Å². The molecule has 0 fully saturated rings. The van der Waals surface area contributed by atoms with Crippen LogP contribution in [0.2, 0.25) is 0 Å². The Kier molecular flexibility index (Phi) is 5.63.